The van der Waals surface area contributed by atoms with E-state index in [0.29, 0.717) is 18.7 Å². The molecule has 1 heterocycles. The van der Waals surface area contributed by atoms with Gasteiger partial charge in [0, 0.05) is 37.3 Å². The number of amides is 1. The Morgan fingerprint density at radius 3 is 2.48 bits per heavy atom. The molecule has 0 spiro atoms. The fourth-order valence-corrected chi connectivity index (χ4v) is 3.87. The maximum atomic E-state index is 12.4. The molecule has 1 aromatic carbocycles. The van der Waals surface area contributed by atoms with Crippen LogP contribution in [-0.2, 0) is 10.0 Å². The molecule has 2 aliphatic rings. The number of benzene rings is 1. The van der Waals surface area contributed by atoms with Crippen molar-refractivity contribution in [2.45, 2.75) is 36.7 Å². The van der Waals surface area contributed by atoms with Gasteiger partial charge in [-0.3, -0.25) is 4.79 Å². The molecule has 8 heteroatoms. The maximum Gasteiger partial charge on any atom is 0.253 e. The minimum absolute atomic E-state index is 0. The highest BCUT2D eigenvalue weighted by Crippen LogP contribution is 2.22. The lowest BCUT2D eigenvalue weighted by Gasteiger charge is -2.32. The van der Waals surface area contributed by atoms with Crippen molar-refractivity contribution in [3.8, 4) is 0 Å². The van der Waals surface area contributed by atoms with Crippen LogP contribution < -0.4 is 10.0 Å². The zero-order valence-corrected chi connectivity index (χ0v) is 14.6. The van der Waals surface area contributed by atoms with Crippen LogP contribution in [-0.4, -0.2) is 50.9 Å². The summed E-state index contributed by atoms with van der Waals surface area (Å²) in [5, 5.41) is 3.29. The number of carbonyl (C=O) groups excluding carboxylic acids is 1. The maximum absolute atomic E-state index is 12.4. The highest BCUT2D eigenvalue weighted by Gasteiger charge is 2.28. The van der Waals surface area contributed by atoms with Gasteiger partial charge in [0.1, 0.15) is 0 Å². The molecule has 23 heavy (non-hydrogen) atoms. The van der Waals surface area contributed by atoms with Crippen LogP contribution in [0.1, 0.15) is 30.1 Å². The molecule has 0 bridgehead atoms. The lowest BCUT2D eigenvalue weighted by atomic mass is 10.1. The van der Waals surface area contributed by atoms with Crippen LogP contribution in [0.4, 0.5) is 0 Å². The van der Waals surface area contributed by atoms with Gasteiger partial charge < -0.3 is 10.2 Å². The molecule has 1 aliphatic heterocycles. The third-order valence-corrected chi connectivity index (χ3v) is 5.50. The van der Waals surface area contributed by atoms with Crippen LogP contribution in [0.25, 0.3) is 0 Å². The number of carbonyl (C=O) groups is 1. The molecule has 6 nitrogen and oxygen atoms in total. The number of halogens is 1. The Balaban J connectivity index is 0.00000192. The van der Waals surface area contributed by atoms with Crippen molar-refractivity contribution in [3.63, 3.8) is 0 Å². The number of rotatable bonds is 4. The number of hydrogen-bond donors (Lipinski definition) is 2. The van der Waals surface area contributed by atoms with E-state index in [0.717, 1.165) is 19.4 Å². The van der Waals surface area contributed by atoms with Crippen molar-refractivity contribution in [3.05, 3.63) is 29.8 Å². The van der Waals surface area contributed by atoms with Gasteiger partial charge in [0.25, 0.3) is 5.91 Å². The third kappa shape index (κ3) is 4.44. The van der Waals surface area contributed by atoms with E-state index < -0.39 is 10.0 Å². The van der Waals surface area contributed by atoms with E-state index >= 15 is 0 Å². The summed E-state index contributed by atoms with van der Waals surface area (Å²) in [6.45, 7) is 4.16. The number of sulfonamides is 1. The topological polar surface area (TPSA) is 78.5 Å². The third-order valence-electron chi connectivity index (χ3n) is 3.97. The quantitative estimate of drug-likeness (QED) is 0.840. The predicted molar refractivity (Wildman–Crippen MR) is 90.4 cm³/mol. The van der Waals surface area contributed by atoms with E-state index in [4.69, 9.17) is 0 Å². The molecule has 128 valence electrons. The summed E-state index contributed by atoms with van der Waals surface area (Å²) in [4.78, 5) is 14.4. The SMILES string of the molecule is CC1CN(C(=O)c2ccc(S(=O)(=O)NC3CC3)cc2)CCN1.Cl. The number of nitrogens with zero attached hydrogens (tertiary/aromatic N) is 1. The molecule has 1 saturated heterocycles. The molecular weight excluding hydrogens is 338 g/mol. The zero-order valence-electron chi connectivity index (χ0n) is 13.0. The van der Waals surface area contributed by atoms with Crippen molar-refractivity contribution in [2.75, 3.05) is 19.6 Å². The van der Waals surface area contributed by atoms with Gasteiger partial charge in [0.15, 0.2) is 0 Å². The van der Waals surface area contributed by atoms with Crippen LogP contribution in [0.2, 0.25) is 0 Å². The Morgan fingerprint density at radius 1 is 1.26 bits per heavy atom. The van der Waals surface area contributed by atoms with E-state index in [1.165, 1.54) is 12.1 Å². The van der Waals surface area contributed by atoms with E-state index in [9.17, 15) is 13.2 Å². The first-order valence-electron chi connectivity index (χ1n) is 7.61. The first-order chi connectivity index (χ1) is 10.5. The Kier molecular flexibility index (Phi) is 5.67. The molecule has 1 aliphatic carbocycles. The largest absolute Gasteiger partial charge is 0.336 e. The second-order valence-corrected chi connectivity index (χ2v) is 7.74. The lowest BCUT2D eigenvalue weighted by molar-refractivity contribution is 0.0709. The first kappa shape index (κ1) is 18.2. The van der Waals surface area contributed by atoms with Crippen LogP contribution in [0.15, 0.2) is 29.2 Å². The van der Waals surface area contributed by atoms with Gasteiger partial charge in [-0.2, -0.15) is 0 Å². The van der Waals surface area contributed by atoms with Crippen molar-refractivity contribution >= 4 is 28.3 Å². The number of hydrogen-bond acceptors (Lipinski definition) is 4. The Labute approximate surface area is 143 Å². The summed E-state index contributed by atoms with van der Waals surface area (Å²) >= 11 is 0. The van der Waals surface area contributed by atoms with Crippen molar-refractivity contribution in [1.29, 1.82) is 0 Å². The van der Waals surface area contributed by atoms with E-state index in [1.54, 1.807) is 17.0 Å². The molecule has 0 aromatic heterocycles. The zero-order chi connectivity index (χ0) is 15.7. The Hall–Kier alpha value is -1.15. The lowest BCUT2D eigenvalue weighted by Crippen LogP contribution is -2.51. The summed E-state index contributed by atoms with van der Waals surface area (Å²) in [6, 6.07) is 6.55. The Bertz CT molecular complexity index is 659. The highest BCUT2D eigenvalue weighted by atomic mass is 35.5. The van der Waals surface area contributed by atoms with Crippen LogP contribution >= 0.6 is 12.4 Å². The van der Waals surface area contributed by atoms with Crippen molar-refractivity contribution in [1.82, 2.24) is 14.9 Å². The van der Waals surface area contributed by atoms with Gasteiger partial charge in [-0.15, -0.1) is 12.4 Å². The average Bonchev–Trinajstić information content (AvgIpc) is 3.30. The molecule has 1 aromatic rings. The summed E-state index contributed by atoms with van der Waals surface area (Å²) in [5.74, 6) is -0.0487. The molecule has 1 unspecified atom stereocenters. The monoisotopic (exact) mass is 359 g/mol. The average molecular weight is 360 g/mol. The minimum atomic E-state index is -3.46. The van der Waals surface area contributed by atoms with Gasteiger partial charge in [-0.05, 0) is 44.0 Å². The molecule has 1 amide bonds. The standard InChI is InChI=1S/C15H21N3O3S.ClH/c1-11-10-18(9-8-16-11)15(19)12-2-6-14(7-3-12)22(20,21)17-13-4-5-13;/h2-3,6-7,11,13,16-17H,4-5,8-10H2,1H3;1H. The van der Waals surface area contributed by atoms with Crippen molar-refractivity contribution < 1.29 is 13.2 Å². The second kappa shape index (κ2) is 7.17. The molecule has 2 fully saturated rings. The molecule has 1 saturated carbocycles. The van der Waals surface area contributed by atoms with Crippen LogP contribution in [0, 0.1) is 0 Å². The van der Waals surface area contributed by atoms with Gasteiger partial charge in [-0.25, -0.2) is 13.1 Å². The van der Waals surface area contributed by atoms with E-state index in [1.807, 2.05) is 6.92 Å². The summed E-state index contributed by atoms with van der Waals surface area (Å²) in [5.41, 5.74) is 0.527. The predicted octanol–water partition coefficient (Wildman–Crippen LogP) is 0.983. The molecule has 1 atom stereocenters. The molecule has 0 radical (unpaired) electrons. The fourth-order valence-electron chi connectivity index (χ4n) is 2.56. The van der Waals surface area contributed by atoms with Gasteiger partial charge in [-0.1, -0.05) is 0 Å². The molecule has 3 rings (SSSR count). The van der Waals surface area contributed by atoms with Gasteiger partial charge in [0.05, 0.1) is 4.90 Å². The Morgan fingerprint density at radius 2 is 1.91 bits per heavy atom. The molecule has 2 N–H and O–H groups in total. The summed E-state index contributed by atoms with van der Waals surface area (Å²) in [7, 11) is -3.46. The fraction of sp³-hybridized carbons (Fsp3) is 0.533. The first-order valence-corrected chi connectivity index (χ1v) is 9.09. The summed E-state index contributed by atoms with van der Waals surface area (Å²) < 4.78 is 26.8. The number of piperazine rings is 1. The second-order valence-electron chi connectivity index (χ2n) is 6.03. The normalized spacial score (nSPS) is 21.6. The van der Waals surface area contributed by atoms with E-state index in [2.05, 4.69) is 10.0 Å². The number of nitrogens with one attached hydrogen (secondary N) is 2. The van der Waals surface area contributed by atoms with Crippen molar-refractivity contribution in [2.24, 2.45) is 0 Å². The smallest absolute Gasteiger partial charge is 0.253 e. The minimum Gasteiger partial charge on any atom is -0.336 e. The molecular formula is C15H22ClN3O3S. The summed E-state index contributed by atoms with van der Waals surface area (Å²) in [6.07, 6.45) is 1.80. The van der Waals surface area contributed by atoms with Gasteiger partial charge in [0.2, 0.25) is 10.0 Å². The van der Waals surface area contributed by atoms with Crippen LogP contribution in [0.5, 0.6) is 0 Å². The highest BCUT2D eigenvalue weighted by molar-refractivity contribution is 7.89. The van der Waals surface area contributed by atoms with Gasteiger partial charge >= 0.3 is 0 Å². The van der Waals surface area contributed by atoms with E-state index in [-0.39, 0.29) is 35.3 Å². The van der Waals surface area contributed by atoms with Crippen LogP contribution in [0.3, 0.4) is 0 Å².